The van der Waals surface area contributed by atoms with Gasteiger partial charge in [-0.3, -0.25) is 9.98 Å². The zero-order valence-corrected chi connectivity index (χ0v) is 30.9. The number of nitrogens with one attached hydrogen (secondary N) is 1. The van der Waals surface area contributed by atoms with Crippen LogP contribution in [0, 0.1) is 0 Å². The highest BCUT2D eigenvalue weighted by molar-refractivity contribution is 6.16. The van der Waals surface area contributed by atoms with Crippen molar-refractivity contribution in [3.05, 3.63) is 191 Å². The number of allylic oxidation sites excluding steroid dienone is 3. The van der Waals surface area contributed by atoms with E-state index in [2.05, 4.69) is 177 Å². The molecular formula is C51H43N3. The van der Waals surface area contributed by atoms with Gasteiger partial charge in [-0.15, -0.1) is 0 Å². The molecule has 54 heavy (non-hydrogen) atoms. The first-order valence-corrected chi connectivity index (χ1v) is 19.1. The van der Waals surface area contributed by atoms with E-state index in [1.807, 2.05) is 6.21 Å². The van der Waals surface area contributed by atoms with E-state index < -0.39 is 0 Å². The maximum Gasteiger partial charge on any atom is 0.145 e. The van der Waals surface area contributed by atoms with Crippen LogP contribution in [0.15, 0.2) is 179 Å². The molecule has 262 valence electrons. The van der Waals surface area contributed by atoms with Crippen LogP contribution < -0.4 is 5.32 Å². The van der Waals surface area contributed by atoms with E-state index in [1.165, 1.54) is 71.6 Å². The second kappa shape index (κ2) is 14.6. The van der Waals surface area contributed by atoms with Gasteiger partial charge in [0.2, 0.25) is 0 Å². The summed E-state index contributed by atoms with van der Waals surface area (Å²) in [6.45, 7) is 4.46. The lowest BCUT2D eigenvalue weighted by molar-refractivity contribution is 0.656. The van der Waals surface area contributed by atoms with Crippen LogP contribution >= 0.6 is 0 Å². The molecule has 2 aliphatic heterocycles. The Bertz CT molecular complexity index is 2640. The van der Waals surface area contributed by atoms with Crippen molar-refractivity contribution in [2.45, 2.75) is 45.7 Å². The highest BCUT2D eigenvalue weighted by Crippen LogP contribution is 2.42. The molecule has 1 atom stereocenters. The molecule has 9 rings (SSSR count). The van der Waals surface area contributed by atoms with E-state index in [0.29, 0.717) is 0 Å². The number of rotatable bonds is 5. The summed E-state index contributed by atoms with van der Waals surface area (Å²) >= 11 is 0. The summed E-state index contributed by atoms with van der Waals surface area (Å²) in [5.41, 5.74) is 15.7. The van der Waals surface area contributed by atoms with Crippen LogP contribution in [0.5, 0.6) is 0 Å². The van der Waals surface area contributed by atoms with Crippen molar-refractivity contribution in [3.8, 4) is 22.3 Å². The third-order valence-corrected chi connectivity index (χ3v) is 11.1. The topological polar surface area (TPSA) is 36.8 Å². The molecule has 0 spiro atoms. The maximum absolute atomic E-state index is 5.35. The molecule has 3 heteroatoms. The first kappa shape index (κ1) is 33.5. The minimum atomic E-state index is -0.201. The van der Waals surface area contributed by atoms with Crippen LogP contribution in [0.1, 0.15) is 61.5 Å². The Morgan fingerprint density at radius 1 is 0.500 bits per heavy atom. The zero-order chi connectivity index (χ0) is 36.4. The Labute approximate surface area is 318 Å². The van der Waals surface area contributed by atoms with Gasteiger partial charge in [-0.1, -0.05) is 139 Å². The largest absolute Gasteiger partial charge is 0.360 e. The smallest absolute Gasteiger partial charge is 0.145 e. The lowest BCUT2D eigenvalue weighted by Crippen LogP contribution is -2.23. The molecule has 0 saturated heterocycles. The summed E-state index contributed by atoms with van der Waals surface area (Å²) in [6.07, 6.45) is 7.79. The summed E-state index contributed by atoms with van der Waals surface area (Å²) in [4.78, 5) is 10.4. The Morgan fingerprint density at radius 2 is 1.13 bits per heavy atom. The molecule has 0 aliphatic carbocycles. The van der Waals surface area contributed by atoms with E-state index in [0.717, 1.165) is 48.3 Å². The van der Waals surface area contributed by atoms with Crippen molar-refractivity contribution in [2.75, 3.05) is 0 Å². The second-order valence-corrected chi connectivity index (χ2v) is 14.6. The number of benzene rings is 7. The molecule has 0 radical (unpaired) electrons. The predicted molar refractivity (Wildman–Crippen MR) is 230 cm³/mol. The Morgan fingerprint density at radius 3 is 1.89 bits per heavy atom. The fourth-order valence-corrected chi connectivity index (χ4v) is 8.12. The monoisotopic (exact) mass is 697 g/mol. The third-order valence-electron chi connectivity index (χ3n) is 11.1. The van der Waals surface area contributed by atoms with Crippen molar-refractivity contribution in [3.63, 3.8) is 0 Å². The van der Waals surface area contributed by atoms with Gasteiger partial charge in [-0.05, 0) is 130 Å². The number of hydrogen-bond donors (Lipinski definition) is 1. The molecule has 7 aromatic carbocycles. The minimum Gasteiger partial charge on any atom is -0.360 e. The average molecular weight is 698 g/mol. The van der Waals surface area contributed by atoms with E-state index in [1.54, 1.807) is 0 Å². The number of aryl methyl sites for hydroxylation is 1. The van der Waals surface area contributed by atoms with Crippen molar-refractivity contribution in [1.29, 1.82) is 0 Å². The van der Waals surface area contributed by atoms with Crippen LogP contribution in [0.4, 0.5) is 5.69 Å². The molecule has 0 amide bonds. The molecule has 0 fully saturated rings. The number of aliphatic imine (C=N–C) groups is 2. The van der Waals surface area contributed by atoms with E-state index in [9.17, 15) is 0 Å². The normalized spacial score (nSPS) is 19.3. The van der Waals surface area contributed by atoms with Gasteiger partial charge in [0.25, 0.3) is 0 Å². The van der Waals surface area contributed by atoms with Crippen molar-refractivity contribution in [1.82, 2.24) is 5.32 Å². The molecule has 0 aromatic heterocycles. The molecule has 0 bridgehead atoms. The van der Waals surface area contributed by atoms with Gasteiger partial charge in [0.1, 0.15) is 6.17 Å². The number of fused-ring (bicyclic) bond motifs is 6. The first-order chi connectivity index (χ1) is 26.6. The predicted octanol–water partition coefficient (Wildman–Crippen LogP) is 13.2. The fraction of sp³-hybridized carbons (Fsp3) is 0.137. The molecule has 1 unspecified atom stereocenters. The first-order valence-electron chi connectivity index (χ1n) is 19.1. The van der Waals surface area contributed by atoms with Crippen LogP contribution in [0.3, 0.4) is 0 Å². The van der Waals surface area contributed by atoms with Gasteiger partial charge < -0.3 is 5.32 Å². The quantitative estimate of drug-likeness (QED) is 0.179. The Hall–Kier alpha value is -6.32. The van der Waals surface area contributed by atoms with E-state index >= 15 is 0 Å². The molecule has 2 heterocycles. The number of nitrogens with zero attached hydrogens (tertiary/aromatic N) is 2. The van der Waals surface area contributed by atoms with Gasteiger partial charge in [-0.2, -0.15) is 0 Å². The molecule has 2 aliphatic rings. The van der Waals surface area contributed by atoms with Crippen LogP contribution in [0.2, 0.25) is 0 Å². The van der Waals surface area contributed by atoms with Crippen LogP contribution in [0.25, 0.3) is 49.5 Å². The summed E-state index contributed by atoms with van der Waals surface area (Å²) in [5, 5.41) is 8.95. The van der Waals surface area contributed by atoms with Gasteiger partial charge in [-0.25, -0.2) is 0 Å². The van der Waals surface area contributed by atoms with Crippen molar-refractivity contribution < 1.29 is 0 Å². The fourth-order valence-electron chi connectivity index (χ4n) is 8.12. The average Bonchev–Trinajstić information content (AvgIpc) is 3.22. The van der Waals surface area contributed by atoms with Gasteiger partial charge in [0, 0.05) is 23.0 Å². The van der Waals surface area contributed by atoms with Crippen molar-refractivity contribution in [2.24, 2.45) is 9.98 Å². The lowest BCUT2D eigenvalue weighted by Gasteiger charge is -2.26. The second-order valence-electron chi connectivity index (χ2n) is 14.6. The number of hydrogen-bond acceptors (Lipinski definition) is 3. The van der Waals surface area contributed by atoms with Gasteiger partial charge in [0.05, 0.1) is 5.69 Å². The van der Waals surface area contributed by atoms with Crippen LogP contribution in [-0.4, -0.2) is 11.9 Å². The van der Waals surface area contributed by atoms with E-state index in [4.69, 9.17) is 9.98 Å². The summed E-state index contributed by atoms with van der Waals surface area (Å²) in [5.74, 6) is 0. The van der Waals surface area contributed by atoms with Gasteiger partial charge >= 0.3 is 0 Å². The highest BCUT2D eigenvalue weighted by atomic mass is 15.1. The maximum atomic E-state index is 5.35. The summed E-state index contributed by atoms with van der Waals surface area (Å²) in [6, 6.07) is 54.9. The molecule has 7 aromatic rings. The molecule has 3 nitrogen and oxygen atoms in total. The molecule has 0 saturated carbocycles. The Balaban J connectivity index is 1.08. The van der Waals surface area contributed by atoms with E-state index in [-0.39, 0.29) is 6.17 Å². The van der Waals surface area contributed by atoms with Gasteiger partial charge in [0.15, 0.2) is 0 Å². The zero-order valence-electron chi connectivity index (χ0n) is 30.9. The minimum absolute atomic E-state index is 0.201. The molecule has 1 N–H and O–H groups in total. The lowest BCUT2D eigenvalue weighted by atomic mass is 9.89. The standard InChI is InChI=1S/C51H43N3/c1-34-23-26-45-43-21-9-10-22-44(43)47-33-41(25-27-46(47)50(45)52-30-29-34)39-18-11-17-38(31-39)40-19-12-20-42(32-40)49-35(2)24-28-48(36-13-5-3-6-14-36)53-51(54-49)37-15-7-4-8-16-37/h3-22,25,27,29-33,51,54H,23-24,26,28H2,1-2H3/b34-29-,49-35-,52-30?,53-48+. The molecular weight excluding hydrogens is 655 g/mol. The summed E-state index contributed by atoms with van der Waals surface area (Å²) in [7, 11) is 0. The van der Waals surface area contributed by atoms with Crippen molar-refractivity contribution >= 4 is 44.9 Å². The van der Waals surface area contributed by atoms with Crippen LogP contribution in [-0.2, 0) is 6.42 Å². The highest BCUT2D eigenvalue weighted by Gasteiger charge is 2.20. The Kier molecular flexibility index (Phi) is 9.06. The summed E-state index contributed by atoms with van der Waals surface area (Å²) < 4.78 is 0. The third kappa shape index (κ3) is 6.58. The SMILES string of the molecule is C/C1=C/C=Nc2c(c3ccccc3c3cc(-c4cccc(-c5cccc(/C6=C(\C)CC/C(c7ccccc7)=N\C(c7ccccc7)N6)c5)c4)ccc23)CC1.